The lowest BCUT2D eigenvalue weighted by Crippen LogP contribution is -2.43. The molecular formula is C20H19F3N2O3. The molecule has 1 heterocycles. The first-order chi connectivity index (χ1) is 13.3. The van der Waals surface area contributed by atoms with Gasteiger partial charge in [-0.3, -0.25) is 9.59 Å². The van der Waals surface area contributed by atoms with E-state index < -0.39 is 12.1 Å². The summed E-state index contributed by atoms with van der Waals surface area (Å²) in [6.07, 6.45) is -4.94. The monoisotopic (exact) mass is 392 g/mol. The number of aryl methyl sites for hydroxylation is 1. The summed E-state index contributed by atoms with van der Waals surface area (Å²) in [4.78, 5) is 25.1. The molecule has 1 N–H and O–H groups in total. The number of nitrogens with one attached hydrogen (secondary N) is 1. The Hall–Kier alpha value is -3.03. The van der Waals surface area contributed by atoms with Crippen LogP contribution in [0.2, 0.25) is 0 Å². The lowest BCUT2D eigenvalue weighted by molar-refractivity contribution is -0.173. The van der Waals surface area contributed by atoms with Crippen LogP contribution in [0.3, 0.4) is 0 Å². The number of carbonyl (C=O) groups is 2. The molecule has 0 aliphatic carbocycles. The summed E-state index contributed by atoms with van der Waals surface area (Å²) in [5.41, 5.74) is 3.24. The zero-order valence-electron chi connectivity index (χ0n) is 15.2. The Labute approximate surface area is 160 Å². The van der Waals surface area contributed by atoms with E-state index in [0.717, 1.165) is 16.7 Å². The third-order valence-electron chi connectivity index (χ3n) is 4.43. The van der Waals surface area contributed by atoms with Crippen LogP contribution in [0, 0.1) is 6.92 Å². The number of alkyl halides is 3. The molecular weight excluding hydrogens is 373 g/mol. The van der Waals surface area contributed by atoms with Gasteiger partial charge in [0.2, 0.25) is 0 Å². The number of nitrogens with zero attached hydrogens (tertiary/aromatic N) is 1. The Kier molecular flexibility index (Phi) is 5.58. The average Bonchev–Trinajstić information content (AvgIpc) is 2.80. The molecule has 0 aromatic heterocycles. The topological polar surface area (TPSA) is 58.6 Å². The van der Waals surface area contributed by atoms with Crippen molar-refractivity contribution in [1.82, 2.24) is 10.2 Å². The molecule has 2 aromatic rings. The molecule has 2 amide bonds. The summed E-state index contributed by atoms with van der Waals surface area (Å²) < 4.78 is 42.4. The highest BCUT2D eigenvalue weighted by Crippen LogP contribution is 2.29. The van der Waals surface area contributed by atoms with Crippen LogP contribution in [-0.4, -0.2) is 49.1 Å². The normalized spacial score (nSPS) is 14.1. The minimum absolute atomic E-state index is 0.0434. The first-order valence-electron chi connectivity index (χ1n) is 8.74. The second-order valence-electron chi connectivity index (χ2n) is 6.47. The van der Waals surface area contributed by atoms with Crippen molar-refractivity contribution < 1.29 is 27.5 Å². The van der Waals surface area contributed by atoms with Crippen molar-refractivity contribution in [3.63, 3.8) is 0 Å². The Bertz CT molecular complexity index is 879. The quantitative estimate of drug-likeness (QED) is 0.870. The van der Waals surface area contributed by atoms with Gasteiger partial charge in [-0.1, -0.05) is 35.9 Å². The van der Waals surface area contributed by atoms with E-state index in [1.165, 1.54) is 4.90 Å². The first-order valence-corrected chi connectivity index (χ1v) is 8.74. The van der Waals surface area contributed by atoms with E-state index in [2.05, 4.69) is 0 Å². The summed E-state index contributed by atoms with van der Waals surface area (Å²) in [6, 6.07) is 13.1. The fourth-order valence-electron chi connectivity index (χ4n) is 2.90. The van der Waals surface area contributed by atoms with Crippen LogP contribution < -0.4 is 10.1 Å². The number of amides is 2. The van der Waals surface area contributed by atoms with E-state index in [0.29, 0.717) is 11.3 Å². The number of rotatable bonds is 4. The van der Waals surface area contributed by atoms with Crippen LogP contribution in [0.5, 0.6) is 5.75 Å². The van der Waals surface area contributed by atoms with Crippen LogP contribution in [-0.2, 0) is 4.79 Å². The number of ether oxygens (including phenoxy) is 1. The van der Waals surface area contributed by atoms with Gasteiger partial charge in [-0.05, 0) is 30.2 Å². The van der Waals surface area contributed by atoms with Crippen molar-refractivity contribution in [2.45, 2.75) is 13.1 Å². The Balaban J connectivity index is 1.76. The summed E-state index contributed by atoms with van der Waals surface area (Å²) in [5.74, 6) is -1.93. The maximum absolute atomic E-state index is 12.9. The molecule has 1 aliphatic rings. The Morgan fingerprint density at radius 1 is 1.14 bits per heavy atom. The third kappa shape index (κ3) is 4.44. The molecule has 0 saturated carbocycles. The predicted molar refractivity (Wildman–Crippen MR) is 97.1 cm³/mol. The standard InChI is InChI=1S/C20H19F3N2O3/c1-13-2-4-14(5-3-13)15-6-7-17-16(12-15)18(26)25(10-11-28-17)9-8-24-19(27)20(21,22)23/h2-7,12H,8-11H2,1H3,(H,24,27). The molecule has 0 radical (unpaired) electrons. The lowest BCUT2D eigenvalue weighted by atomic mass is 10.0. The van der Waals surface area contributed by atoms with Crippen molar-refractivity contribution in [3.05, 3.63) is 53.6 Å². The number of fused-ring (bicyclic) bond motifs is 1. The first kappa shape index (κ1) is 19.7. The summed E-state index contributed by atoms with van der Waals surface area (Å²) >= 11 is 0. The van der Waals surface area contributed by atoms with E-state index in [-0.39, 0.29) is 32.1 Å². The van der Waals surface area contributed by atoms with Gasteiger partial charge in [0.25, 0.3) is 5.91 Å². The van der Waals surface area contributed by atoms with Crippen LogP contribution in [0.25, 0.3) is 11.1 Å². The van der Waals surface area contributed by atoms with Crippen molar-refractivity contribution in [2.75, 3.05) is 26.2 Å². The molecule has 0 spiro atoms. The number of carbonyl (C=O) groups excluding carboxylic acids is 2. The third-order valence-corrected chi connectivity index (χ3v) is 4.43. The van der Waals surface area contributed by atoms with E-state index in [9.17, 15) is 22.8 Å². The minimum atomic E-state index is -4.94. The fourth-order valence-corrected chi connectivity index (χ4v) is 2.90. The number of hydrogen-bond donors (Lipinski definition) is 1. The molecule has 2 aromatic carbocycles. The fraction of sp³-hybridized carbons (Fsp3) is 0.300. The molecule has 148 valence electrons. The van der Waals surface area contributed by atoms with Crippen LogP contribution in [0.1, 0.15) is 15.9 Å². The predicted octanol–water partition coefficient (Wildman–Crippen LogP) is 3.18. The second-order valence-corrected chi connectivity index (χ2v) is 6.47. The lowest BCUT2D eigenvalue weighted by Gasteiger charge is -2.20. The van der Waals surface area contributed by atoms with Crippen LogP contribution in [0.15, 0.2) is 42.5 Å². The zero-order chi connectivity index (χ0) is 20.3. The highest BCUT2D eigenvalue weighted by molar-refractivity contribution is 5.98. The Morgan fingerprint density at radius 3 is 2.50 bits per heavy atom. The molecule has 3 rings (SSSR count). The molecule has 0 unspecified atom stereocenters. The largest absolute Gasteiger partial charge is 0.491 e. The average molecular weight is 392 g/mol. The van der Waals surface area contributed by atoms with Gasteiger partial charge in [0, 0.05) is 13.1 Å². The van der Waals surface area contributed by atoms with Gasteiger partial charge < -0.3 is 15.0 Å². The summed E-state index contributed by atoms with van der Waals surface area (Å²) in [7, 11) is 0. The molecule has 0 saturated heterocycles. The van der Waals surface area contributed by atoms with Crippen molar-refractivity contribution >= 4 is 11.8 Å². The van der Waals surface area contributed by atoms with Crippen LogP contribution >= 0.6 is 0 Å². The van der Waals surface area contributed by atoms with E-state index >= 15 is 0 Å². The maximum Gasteiger partial charge on any atom is 0.471 e. The minimum Gasteiger partial charge on any atom is -0.491 e. The molecule has 0 atom stereocenters. The van der Waals surface area contributed by atoms with E-state index in [1.807, 2.05) is 37.3 Å². The smallest absolute Gasteiger partial charge is 0.471 e. The van der Waals surface area contributed by atoms with Gasteiger partial charge in [-0.25, -0.2) is 0 Å². The van der Waals surface area contributed by atoms with Crippen molar-refractivity contribution in [3.8, 4) is 16.9 Å². The SMILES string of the molecule is Cc1ccc(-c2ccc3c(c2)C(=O)N(CCNC(=O)C(F)(F)F)CCO3)cc1. The number of hydrogen-bond acceptors (Lipinski definition) is 3. The summed E-state index contributed by atoms with van der Waals surface area (Å²) in [6.45, 7) is 2.08. The van der Waals surface area contributed by atoms with E-state index in [1.54, 1.807) is 17.4 Å². The number of benzene rings is 2. The van der Waals surface area contributed by atoms with Gasteiger partial charge >= 0.3 is 12.1 Å². The molecule has 0 bridgehead atoms. The van der Waals surface area contributed by atoms with Gasteiger partial charge in [-0.15, -0.1) is 0 Å². The molecule has 8 heteroatoms. The van der Waals surface area contributed by atoms with Crippen molar-refractivity contribution in [1.29, 1.82) is 0 Å². The van der Waals surface area contributed by atoms with Crippen molar-refractivity contribution in [2.24, 2.45) is 0 Å². The molecule has 1 aliphatic heterocycles. The van der Waals surface area contributed by atoms with Gasteiger partial charge in [0.1, 0.15) is 12.4 Å². The van der Waals surface area contributed by atoms with E-state index in [4.69, 9.17) is 4.74 Å². The molecule has 28 heavy (non-hydrogen) atoms. The van der Waals surface area contributed by atoms with Gasteiger partial charge in [-0.2, -0.15) is 13.2 Å². The van der Waals surface area contributed by atoms with Gasteiger partial charge in [0.05, 0.1) is 12.1 Å². The maximum atomic E-state index is 12.9. The van der Waals surface area contributed by atoms with Crippen LogP contribution in [0.4, 0.5) is 13.2 Å². The Morgan fingerprint density at radius 2 is 1.82 bits per heavy atom. The molecule has 0 fully saturated rings. The van der Waals surface area contributed by atoms with Gasteiger partial charge in [0.15, 0.2) is 0 Å². The number of halogens is 3. The summed E-state index contributed by atoms with van der Waals surface area (Å²) in [5, 5.41) is 1.78. The second kappa shape index (κ2) is 7.92. The highest BCUT2D eigenvalue weighted by Gasteiger charge is 2.38. The molecule has 5 nitrogen and oxygen atoms in total. The zero-order valence-corrected chi connectivity index (χ0v) is 15.2. The highest BCUT2D eigenvalue weighted by atomic mass is 19.4.